The lowest BCUT2D eigenvalue weighted by molar-refractivity contribution is -0.137. The number of carboxylic acids is 1. The minimum absolute atomic E-state index is 0.344. The van der Waals surface area contributed by atoms with Crippen LogP contribution in [0.3, 0.4) is 0 Å². The largest absolute Gasteiger partial charge is 0.481 e. The highest BCUT2D eigenvalue weighted by molar-refractivity contribution is 7.33. The minimum Gasteiger partial charge on any atom is -0.481 e. The van der Waals surface area contributed by atoms with Crippen LogP contribution in [0.5, 0.6) is 0 Å². The van der Waals surface area contributed by atoms with Gasteiger partial charge in [-0.05, 0) is 12.5 Å². The van der Waals surface area contributed by atoms with Gasteiger partial charge in [0.25, 0.3) is 0 Å². The van der Waals surface area contributed by atoms with E-state index in [1.807, 2.05) is 0 Å². The van der Waals surface area contributed by atoms with E-state index in [1.54, 1.807) is 0 Å². The van der Waals surface area contributed by atoms with Crippen molar-refractivity contribution in [1.29, 1.82) is 0 Å². The normalized spacial score (nSPS) is 11.6. The molecule has 0 aromatic heterocycles. The van der Waals surface area contributed by atoms with Gasteiger partial charge >= 0.3 is 5.97 Å². The van der Waals surface area contributed by atoms with Gasteiger partial charge in [-0.1, -0.05) is 193 Å². The van der Waals surface area contributed by atoms with Gasteiger partial charge < -0.3 is 5.11 Å². The Bertz CT molecular complexity index is 476. The zero-order valence-corrected chi connectivity index (χ0v) is 28.7. The van der Waals surface area contributed by atoms with E-state index >= 15 is 0 Å². The maximum atomic E-state index is 10.5. The number of unbranched alkanes of at least 4 members (excludes halogenated alkanes) is 30. The Morgan fingerprint density at radius 2 is 0.538 bits per heavy atom. The molecule has 0 radical (unpaired) electrons. The SMILES string of the molecule is O=C(O)CCCCCCCCCCCCCCCCCCCCCCCCCCCCCCCCC[SiH](Cl)Cl. The van der Waals surface area contributed by atoms with Gasteiger partial charge in [0.2, 0.25) is 7.42 Å². The van der Waals surface area contributed by atoms with Gasteiger partial charge in [-0.15, -0.1) is 0 Å². The zero-order chi connectivity index (χ0) is 28.5. The van der Waals surface area contributed by atoms with Crippen molar-refractivity contribution in [3.05, 3.63) is 0 Å². The van der Waals surface area contributed by atoms with Crippen LogP contribution in [0, 0.1) is 0 Å². The van der Waals surface area contributed by atoms with Gasteiger partial charge in [-0.3, -0.25) is 4.79 Å². The summed E-state index contributed by atoms with van der Waals surface area (Å²) >= 11 is 11.8. The molecule has 234 valence electrons. The lowest BCUT2D eigenvalue weighted by atomic mass is 10.0. The molecule has 0 spiro atoms. The molecule has 0 fully saturated rings. The Morgan fingerprint density at radius 1 is 0.359 bits per heavy atom. The molecular formula is C34H68Cl2O2Si. The molecule has 2 nitrogen and oxygen atoms in total. The van der Waals surface area contributed by atoms with Crippen molar-refractivity contribution in [2.75, 3.05) is 0 Å². The third-order valence-electron chi connectivity index (χ3n) is 8.31. The summed E-state index contributed by atoms with van der Waals surface area (Å²) in [5.41, 5.74) is 0. The molecule has 5 heteroatoms. The number of carbonyl (C=O) groups is 1. The summed E-state index contributed by atoms with van der Waals surface area (Å²) < 4.78 is 0. The van der Waals surface area contributed by atoms with E-state index in [-0.39, 0.29) is 0 Å². The summed E-state index contributed by atoms with van der Waals surface area (Å²) in [6.45, 7) is 0. The summed E-state index contributed by atoms with van der Waals surface area (Å²) in [6.07, 6.45) is 43.2. The number of carboxylic acid groups (broad SMARTS) is 1. The van der Waals surface area contributed by atoms with Crippen LogP contribution in [0.25, 0.3) is 0 Å². The molecule has 0 aliphatic carbocycles. The fraction of sp³-hybridized carbons (Fsp3) is 0.971. The second-order valence-corrected chi connectivity index (χ2v) is 17.5. The van der Waals surface area contributed by atoms with Gasteiger partial charge in [-0.2, -0.15) is 22.2 Å². The van der Waals surface area contributed by atoms with E-state index in [2.05, 4.69) is 0 Å². The monoisotopic (exact) mass is 606 g/mol. The Balaban J connectivity index is 3.03. The maximum absolute atomic E-state index is 10.5. The second kappa shape index (κ2) is 34.5. The van der Waals surface area contributed by atoms with Crippen LogP contribution in [0.1, 0.15) is 205 Å². The van der Waals surface area contributed by atoms with Crippen LogP contribution < -0.4 is 0 Å². The van der Waals surface area contributed by atoms with Crippen LogP contribution in [-0.2, 0) is 4.79 Å². The molecule has 0 aliphatic heterocycles. The molecule has 0 amide bonds. The third-order valence-corrected chi connectivity index (χ3v) is 10.5. The van der Waals surface area contributed by atoms with Crippen molar-refractivity contribution in [1.82, 2.24) is 0 Å². The van der Waals surface area contributed by atoms with Gasteiger partial charge in [0.15, 0.2) is 0 Å². The molecule has 0 aromatic rings. The highest BCUT2D eigenvalue weighted by Crippen LogP contribution is 2.17. The first-order valence-electron chi connectivity index (χ1n) is 17.6. The van der Waals surface area contributed by atoms with Crippen molar-refractivity contribution < 1.29 is 9.90 Å². The Labute approximate surface area is 256 Å². The number of aliphatic carboxylic acids is 1. The number of halogens is 2. The van der Waals surface area contributed by atoms with Crippen molar-refractivity contribution in [3.8, 4) is 0 Å². The van der Waals surface area contributed by atoms with E-state index in [4.69, 9.17) is 27.3 Å². The molecule has 0 unspecified atom stereocenters. The summed E-state index contributed by atoms with van der Waals surface area (Å²) in [6, 6.07) is 1.09. The minimum atomic E-state index is -1.34. The Hall–Kier alpha value is 0.267. The fourth-order valence-corrected chi connectivity index (χ4v) is 7.22. The van der Waals surface area contributed by atoms with Crippen molar-refractivity contribution in [2.45, 2.75) is 212 Å². The molecule has 39 heavy (non-hydrogen) atoms. The van der Waals surface area contributed by atoms with Crippen LogP contribution in [0.15, 0.2) is 0 Å². The first-order valence-corrected chi connectivity index (χ1v) is 21.9. The van der Waals surface area contributed by atoms with E-state index in [0.717, 1.165) is 18.9 Å². The van der Waals surface area contributed by atoms with Crippen LogP contribution in [0.2, 0.25) is 6.04 Å². The van der Waals surface area contributed by atoms with Gasteiger partial charge in [0, 0.05) is 6.42 Å². The zero-order valence-electron chi connectivity index (χ0n) is 26.0. The molecule has 0 saturated heterocycles. The number of hydrogen-bond acceptors (Lipinski definition) is 1. The summed E-state index contributed by atoms with van der Waals surface area (Å²) in [7, 11) is -1.34. The highest BCUT2D eigenvalue weighted by Gasteiger charge is 2.01. The maximum Gasteiger partial charge on any atom is 0.303 e. The number of rotatable bonds is 34. The highest BCUT2D eigenvalue weighted by atomic mass is 35.7. The summed E-state index contributed by atoms with van der Waals surface area (Å²) in [5.74, 6) is -0.650. The molecule has 0 atom stereocenters. The van der Waals surface area contributed by atoms with Crippen LogP contribution in [-0.4, -0.2) is 18.5 Å². The second-order valence-electron chi connectivity index (χ2n) is 12.3. The van der Waals surface area contributed by atoms with E-state index in [0.29, 0.717) is 6.42 Å². The molecule has 0 aromatic carbocycles. The molecule has 1 N–H and O–H groups in total. The molecule has 0 saturated carbocycles. The fourth-order valence-electron chi connectivity index (χ4n) is 5.70. The van der Waals surface area contributed by atoms with Crippen LogP contribution in [0.4, 0.5) is 0 Å². The van der Waals surface area contributed by atoms with Crippen molar-refractivity contribution in [3.63, 3.8) is 0 Å². The third kappa shape index (κ3) is 38.3. The molecular weight excluding hydrogens is 539 g/mol. The Kier molecular flexibility index (Phi) is 34.7. The van der Waals surface area contributed by atoms with Gasteiger partial charge in [0.05, 0.1) is 0 Å². The molecule has 0 heterocycles. The Morgan fingerprint density at radius 3 is 0.718 bits per heavy atom. The van der Waals surface area contributed by atoms with Crippen molar-refractivity contribution in [2.24, 2.45) is 0 Å². The van der Waals surface area contributed by atoms with Crippen LogP contribution >= 0.6 is 22.2 Å². The molecule has 0 rings (SSSR count). The predicted octanol–water partition coefficient (Wildman–Crippen LogP) is 13.3. The molecule has 0 aliphatic rings. The average Bonchev–Trinajstić information content (AvgIpc) is 2.91. The van der Waals surface area contributed by atoms with Gasteiger partial charge in [-0.25, -0.2) is 0 Å². The smallest absolute Gasteiger partial charge is 0.303 e. The predicted molar refractivity (Wildman–Crippen MR) is 179 cm³/mol. The van der Waals surface area contributed by atoms with E-state index in [1.165, 1.54) is 186 Å². The summed E-state index contributed by atoms with van der Waals surface area (Å²) in [5, 5.41) is 8.63. The summed E-state index contributed by atoms with van der Waals surface area (Å²) in [4.78, 5) is 10.5. The average molecular weight is 608 g/mol. The standard InChI is InChI=1S/C34H68Cl2O2Si/c35-39(36)33-31-29-27-25-23-21-19-17-15-13-11-9-7-5-3-1-2-4-6-8-10-12-14-16-18-20-22-24-26-28-30-32-34(37)38/h39H,1-33H2,(H,37,38). The first-order chi connectivity index (χ1) is 19.1. The number of hydrogen-bond donors (Lipinski definition) is 1. The lowest BCUT2D eigenvalue weighted by Crippen LogP contribution is -1.93. The van der Waals surface area contributed by atoms with E-state index in [9.17, 15) is 4.79 Å². The van der Waals surface area contributed by atoms with E-state index < -0.39 is 13.4 Å². The van der Waals surface area contributed by atoms with Crippen molar-refractivity contribution >= 4 is 35.5 Å². The first kappa shape index (κ1) is 39.3. The topological polar surface area (TPSA) is 37.3 Å². The lowest BCUT2D eigenvalue weighted by Gasteiger charge is -2.05. The quantitative estimate of drug-likeness (QED) is 0.0449. The van der Waals surface area contributed by atoms with Gasteiger partial charge in [0.1, 0.15) is 0 Å². The molecule has 0 bridgehead atoms.